The molecule has 0 unspecified atom stereocenters. The second-order valence-corrected chi connectivity index (χ2v) is 3.90. The minimum atomic E-state index is -4.52. The summed E-state index contributed by atoms with van der Waals surface area (Å²) in [5.74, 6) is 0. The zero-order valence-electron chi connectivity index (χ0n) is 8.68. The third-order valence-corrected chi connectivity index (χ3v) is 2.68. The third kappa shape index (κ3) is 3.06. The number of methoxy groups -OCH3 is 1. The van der Waals surface area contributed by atoms with Crippen molar-refractivity contribution in [1.82, 2.24) is 4.90 Å². The van der Waals surface area contributed by atoms with Gasteiger partial charge in [0.1, 0.15) is 0 Å². The quantitative estimate of drug-likeness (QED) is 0.728. The summed E-state index contributed by atoms with van der Waals surface area (Å²) in [5, 5.41) is 9.36. The van der Waals surface area contributed by atoms with E-state index in [9.17, 15) is 18.3 Å². The molecule has 0 aliphatic carbocycles. The summed E-state index contributed by atoms with van der Waals surface area (Å²) in [6.07, 6.45) is -4.07. The lowest BCUT2D eigenvalue weighted by Gasteiger charge is -2.26. The molecule has 0 aromatic heterocycles. The second-order valence-electron chi connectivity index (χ2n) is 3.90. The van der Waals surface area contributed by atoms with Crippen LogP contribution in [0.2, 0.25) is 0 Å². The zero-order valence-corrected chi connectivity index (χ0v) is 8.68. The predicted octanol–water partition coefficient (Wildman–Crippen LogP) is 1.02. The van der Waals surface area contributed by atoms with E-state index in [4.69, 9.17) is 4.74 Å². The zero-order chi connectivity index (χ0) is 11.5. The lowest BCUT2D eigenvalue weighted by molar-refractivity contribution is -0.253. The van der Waals surface area contributed by atoms with Crippen molar-refractivity contribution in [1.29, 1.82) is 0 Å². The average molecular weight is 227 g/mol. The Kier molecular flexibility index (Phi) is 3.97. The van der Waals surface area contributed by atoms with Crippen LogP contribution >= 0.6 is 0 Å². The largest absolute Gasteiger partial charge is 0.418 e. The number of alkyl halides is 3. The first-order valence-electron chi connectivity index (χ1n) is 4.89. The van der Waals surface area contributed by atoms with Crippen LogP contribution in [-0.4, -0.2) is 55.1 Å². The van der Waals surface area contributed by atoms with Gasteiger partial charge < -0.3 is 9.84 Å². The molecule has 1 heterocycles. The maximum Gasteiger partial charge on any atom is 0.418 e. The summed E-state index contributed by atoms with van der Waals surface area (Å²) in [5.41, 5.74) is -2.51. The molecule has 1 aliphatic heterocycles. The molecule has 90 valence electrons. The number of likely N-dealkylation sites (tertiary alicyclic amines) is 1. The van der Waals surface area contributed by atoms with E-state index < -0.39 is 11.8 Å². The molecular formula is C9H16F3NO2. The van der Waals surface area contributed by atoms with Gasteiger partial charge in [-0.2, -0.15) is 13.2 Å². The van der Waals surface area contributed by atoms with Crippen molar-refractivity contribution in [3.8, 4) is 0 Å². The minimum Gasteiger partial charge on any atom is -0.385 e. The van der Waals surface area contributed by atoms with Crippen LogP contribution in [0.3, 0.4) is 0 Å². The van der Waals surface area contributed by atoms with E-state index in [1.807, 2.05) is 0 Å². The van der Waals surface area contributed by atoms with Crippen molar-refractivity contribution >= 4 is 0 Å². The molecule has 1 rings (SSSR count). The molecule has 1 aliphatic rings. The number of ether oxygens (including phenoxy) is 1. The molecule has 1 saturated heterocycles. The maximum absolute atomic E-state index is 12.4. The highest BCUT2D eigenvalue weighted by atomic mass is 19.4. The van der Waals surface area contributed by atoms with Gasteiger partial charge in [-0.15, -0.1) is 0 Å². The van der Waals surface area contributed by atoms with Crippen LogP contribution in [0, 0.1) is 0 Å². The number of halogens is 3. The smallest absolute Gasteiger partial charge is 0.385 e. The van der Waals surface area contributed by atoms with Gasteiger partial charge in [0.2, 0.25) is 0 Å². The first-order valence-corrected chi connectivity index (χ1v) is 4.89. The molecule has 0 bridgehead atoms. The topological polar surface area (TPSA) is 32.7 Å². The molecule has 1 N–H and O–H groups in total. The summed E-state index contributed by atoms with van der Waals surface area (Å²) in [7, 11) is 1.55. The van der Waals surface area contributed by atoms with Crippen LogP contribution in [0.15, 0.2) is 0 Å². The molecule has 0 aromatic rings. The van der Waals surface area contributed by atoms with Gasteiger partial charge in [-0.3, -0.25) is 4.90 Å². The van der Waals surface area contributed by atoms with E-state index in [1.165, 1.54) is 0 Å². The number of hydrogen-bond donors (Lipinski definition) is 1. The molecule has 0 spiro atoms. The van der Waals surface area contributed by atoms with Crippen molar-refractivity contribution < 1.29 is 23.0 Å². The Bertz CT molecular complexity index is 210. The molecule has 3 nitrogen and oxygen atoms in total. The molecule has 1 atom stereocenters. The average Bonchev–Trinajstić information content (AvgIpc) is 2.48. The van der Waals surface area contributed by atoms with Gasteiger partial charge in [-0.1, -0.05) is 0 Å². The van der Waals surface area contributed by atoms with Crippen molar-refractivity contribution in [3.63, 3.8) is 0 Å². The number of rotatable bonds is 4. The highest BCUT2D eigenvalue weighted by molar-refractivity contribution is 4.95. The Morgan fingerprint density at radius 3 is 2.60 bits per heavy atom. The fraction of sp³-hybridized carbons (Fsp3) is 1.00. The van der Waals surface area contributed by atoms with Crippen LogP contribution in [-0.2, 0) is 4.74 Å². The van der Waals surface area contributed by atoms with Gasteiger partial charge in [0.15, 0.2) is 5.60 Å². The van der Waals surface area contributed by atoms with Gasteiger partial charge in [0.05, 0.1) is 0 Å². The number of nitrogens with zero attached hydrogens (tertiary/aromatic N) is 1. The van der Waals surface area contributed by atoms with Crippen LogP contribution < -0.4 is 0 Å². The third-order valence-electron chi connectivity index (χ3n) is 2.68. The normalized spacial score (nSPS) is 28.6. The molecule has 15 heavy (non-hydrogen) atoms. The molecule has 6 heteroatoms. The van der Waals surface area contributed by atoms with E-state index >= 15 is 0 Å². The van der Waals surface area contributed by atoms with Crippen molar-refractivity contribution in [3.05, 3.63) is 0 Å². The monoisotopic (exact) mass is 227 g/mol. The number of hydrogen-bond acceptors (Lipinski definition) is 3. The minimum absolute atomic E-state index is 0.233. The van der Waals surface area contributed by atoms with Crippen molar-refractivity contribution in [2.24, 2.45) is 0 Å². The van der Waals surface area contributed by atoms with Gasteiger partial charge in [-0.05, 0) is 12.8 Å². The summed E-state index contributed by atoms with van der Waals surface area (Å²) in [6, 6.07) is 0. The van der Waals surface area contributed by atoms with E-state index in [0.29, 0.717) is 26.1 Å². The Balaban J connectivity index is 2.38. The molecular weight excluding hydrogens is 211 g/mol. The Hall–Kier alpha value is -0.330. The fourth-order valence-corrected chi connectivity index (χ4v) is 1.73. The first-order chi connectivity index (χ1) is 6.89. The van der Waals surface area contributed by atoms with E-state index in [0.717, 1.165) is 0 Å². The summed E-state index contributed by atoms with van der Waals surface area (Å²) < 4.78 is 42.0. The lowest BCUT2D eigenvalue weighted by Crippen LogP contribution is -2.47. The van der Waals surface area contributed by atoms with E-state index in [-0.39, 0.29) is 13.0 Å². The maximum atomic E-state index is 12.4. The van der Waals surface area contributed by atoms with Gasteiger partial charge in [0, 0.05) is 33.4 Å². The molecule has 1 fully saturated rings. The number of aliphatic hydroxyl groups is 1. The Morgan fingerprint density at radius 2 is 2.13 bits per heavy atom. The predicted molar refractivity (Wildman–Crippen MR) is 48.6 cm³/mol. The van der Waals surface area contributed by atoms with E-state index in [2.05, 4.69) is 0 Å². The SMILES string of the molecule is COCCCN1CC[C@](O)(C(F)(F)F)C1. The summed E-state index contributed by atoms with van der Waals surface area (Å²) in [6.45, 7) is 1.03. The van der Waals surface area contributed by atoms with Crippen molar-refractivity contribution in [2.45, 2.75) is 24.6 Å². The number of β-amino-alcohol motifs (C(OH)–C–C–N with tert-alkyl or cyclic N) is 1. The summed E-state index contributed by atoms with van der Waals surface area (Å²) in [4.78, 5) is 1.62. The first kappa shape index (κ1) is 12.7. The highest BCUT2D eigenvalue weighted by Gasteiger charge is 2.56. The van der Waals surface area contributed by atoms with Gasteiger partial charge in [0.25, 0.3) is 0 Å². The highest BCUT2D eigenvalue weighted by Crippen LogP contribution is 2.37. The van der Waals surface area contributed by atoms with E-state index in [1.54, 1.807) is 12.0 Å². The lowest BCUT2D eigenvalue weighted by atomic mass is 10.0. The second kappa shape index (κ2) is 4.67. The molecule has 0 amide bonds. The van der Waals surface area contributed by atoms with Gasteiger partial charge in [-0.25, -0.2) is 0 Å². The Labute approximate surface area is 86.8 Å². The standard InChI is InChI=1S/C9H16F3NO2/c1-15-6-2-4-13-5-3-8(14,7-13)9(10,11)12/h14H,2-7H2,1H3/t8-/m1/s1. The van der Waals surface area contributed by atoms with Crippen LogP contribution in [0.25, 0.3) is 0 Å². The van der Waals surface area contributed by atoms with Crippen LogP contribution in [0.1, 0.15) is 12.8 Å². The van der Waals surface area contributed by atoms with Crippen LogP contribution in [0.5, 0.6) is 0 Å². The molecule has 0 aromatic carbocycles. The van der Waals surface area contributed by atoms with Gasteiger partial charge >= 0.3 is 6.18 Å². The summed E-state index contributed by atoms with van der Waals surface area (Å²) >= 11 is 0. The fourth-order valence-electron chi connectivity index (χ4n) is 1.73. The van der Waals surface area contributed by atoms with Crippen LogP contribution in [0.4, 0.5) is 13.2 Å². The molecule has 0 radical (unpaired) electrons. The Morgan fingerprint density at radius 1 is 1.47 bits per heavy atom. The van der Waals surface area contributed by atoms with Crippen molar-refractivity contribution in [2.75, 3.05) is 33.4 Å². The molecule has 0 saturated carbocycles.